The molecule has 0 saturated heterocycles. The smallest absolute Gasteiger partial charge is 0.328 e. The summed E-state index contributed by atoms with van der Waals surface area (Å²) in [5.41, 5.74) is 2.36. The van der Waals surface area contributed by atoms with E-state index in [-0.39, 0.29) is 6.61 Å². The molecule has 4 heteroatoms. The molecule has 0 radical (unpaired) electrons. The van der Waals surface area contributed by atoms with Gasteiger partial charge in [0.05, 0.1) is 0 Å². The summed E-state index contributed by atoms with van der Waals surface area (Å²) < 4.78 is 5.64. The Bertz CT molecular complexity index is 647. The monoisotopic (exact) mass is 257 g/mol. The highest BCUT2D eigenvalue weighted by molar-refractivity contribution is 5.84. The number of aryl methyl sites for hydroxylation is 1. The molecule has 0 bridgehead atoms. The normalized spacial score (nSPS) is 11.6. The largest absolute Gasteiger partial charge is 0.487 e. The maximum atomic E-state index is 10.5. The number of hydrogen-bond donors (Lipinski definition) is 1. The molecule has 98 valence electrons. The predicted molar refractivity (Wildman–Crippen MR) is 73.4 cm³/mol. The molecule has 0 atom stereocenters. The van der Waals surface area contributed by atoms with Crippen LogP contribution in [0.5, 0.6) is 5.75 Å². The van der Waals surface area contributed by atoms with Crippen LogP contribution in [0.15, 0.2) is 42.0 Å². The summed E-state index contributed by atoms with van der Waals surface area (Å²) in [6.07, 6.45) is 1.14. The molecule has 0 unspecified atom stereocenters. The molecular weight excluding hydrogens is 242 g/mol. The number of ether oxygens (including phenoxy) is 1. The topological polar surface area (TPSA) is 59.4 Å². The van der Waals surface area contributed by atoms with Gasteiger partial charge in [0.15, 0.2) is 0 Å². The van der Waals surface area contributed by atoms with Crippen LogP contribution >= 0.6 is 0 Å². The van der Waals surface area contributed by atoms with Gasteiger partial charge in [-0.1, -0.05) is 18.2 Å². The standard InChI is InChI=1S/C15H15NO3/c1-10(8-14(17)18)9-19-13-5-3-4-12-7-6-11(2)16-15(12)13/h3-8H,9H2,1-2H3,(H,17,18). The van der Waals surface area contributed by atoms with Crippen molar-refractivity contribution in [2.24, 2.45) is 0 Å². The Labute approximate surface area is 111 Å². The zero-order chi connectivity index (χ0) is 13.8. The third-order valence-electron chi connectivity index (χ3n) is 2.65. The SMILES string of the molecule is CC(=CC(=O)O)COc1cccc2ccc(C)nc12. The van der Waals surface area contributed by atoms with Crippen molar-refractivity contribution in [2.75, 3.05) is 6.61 Å². The number of para-hydroxylation sites is 1. The quantitative estimate of drug-likeness (QED) is 0.855. The molecule has 0 fully saturated rings. The number of benzene rings is 1. The van der Waals surface area contributed by atoms with E-state index in [1.165, 1.54) is 0 Å². The molecule has 0 aliphatic heterocycles. The Morgan fingerprint density at radius 1 is 1.37 bits per heavy atom. The van der Waals surface area contributed by atoms with Crippen LogP contribution in [-0.4, -0.2) is 22.7 Å². The second-order valence-electron chi connectivity index (χ2n) is 4.40. The summed E-state index contributed by atoms with van der Waals surface area (Å²) in [7, 11) is 0. The number of carbonyl (C=O) groups is 1. The number of fused-ring (bicyclic) bond motifs is 1. The van der Waals surface area contributed by atoms with Gasteiger partial charge >= 0.3 is 5.97 Å². The highest BCUT2D eigenvalue weighted by Crippen LogP contribution is 2.24. The molecule has 0 spiro atoms. The molecule has 19 heavy (non-hydrogen) atoms. The fourth-order valence-corrected chi connectivity index (χ4v) is 1.78. The summed E-state index contributed by atoms with van der Waals surface area (Å²) in [6.45, 7) is 3.88. The molecule has 4 nitrogen and oxygen atoms in total. The molecule has 2 aromatic rings. The number of aromatic nitrogens is 1. The predicted octanol–water partition coefficient (Wildman–Crippen LogP) is 2.95. The fourth-order valence-electron chi connectivity index (χ4n) is 1.78. The molecule has 1 N–H and O–H groups in total. The number of hydrogen-bond acceptors (Lipinski definition) is 3. The lowest BCUT2D eigenvalue weighted by Gasteiger charge is -2.09. The van der Waals surface area contributed by atoms with Crippen molar-refractivity contribution in [1.29, 1.82) is 0 Å². The maximum absolute atomic E-state index is 10.5. The number of carboxylic acids is 1. The minimum absolute atomic E-state index is 0.237. The van der Waals surface area contributed by atoms with Crippen LogP contribution < -0.4 is 4.74 Å². The highest BCUT2D eigenvalue weighted by Gasteiger charge is 2.04. The van der Waals surface area contributed by atoms with Gasteiger partial charge in [-0.2, -0.15) is 0 Å². The number of aliphatic carboxylic acids is 1. The average molecular weight is 257 g/mol. The van der Waals surface area contributed by atoms with Gasteiger partial charge in [0.25, 0.3) is 0 Å². The molecule has 0 saturated carbocycles. The van der Waals surface area contributed by atoms with E-state index in [4.69, 9.17) is 9.84 Å². The lowest BCUT2D eigenvalue weighted by atomic mass is 10.2. The Hall–Kier alpha value is -2.36. The molecule has 1 heterocycles. The number of nitrogens with zero attached hydrogens (tertiary/aromatic N) is 1. The van der Waals surface area contributed by atoms with Gasteiger partial charge in [-0.3, -0.25) is 0 Å². The Balaban J connectivity index is 2.26. The Kier molecular flexibility index (Phi) is 3.80. The molecule has 0 aliphatic carbocycles. The third-order valence-corrected chi connectivity index (χ3v) is 2.65. The van der Waals surface area contributed by atoms with E-state index in [0.29, 0.717) is 11.3 Å². The van der Waals surface area contributed by atoms with Crippen molar-refractivity contribution in [1.82, 2.24) is 4.98 Å². The highest BCUT2D eigenvalue weighted by atomic mass is 16.5. The second kappa shape index (κ2) is 5.52. The third kappa shape index (κ3) is 3.31. The van der Waals surface area contributed by atoms with Crippen LogP contribution in [0, 0.1) is 6.92 Å². The van der Waals surface area contributed by atoms with Gasteiger partial charge < -0.3 is 9.84 Å². The molecule has 0 aliphatic rings. The van der Waals surface area contributed by atoms with Crippen LogP contribution in [0.3, 0.4) is 0 Å². The molecule has 0 amide bonds. The molecule has 1 aromatic heterocycles. The van der Waals surface area contributed by atoms with E-state index in [1.54, 1.807) is 6.92 Å². The lowest BCUT2D eigenvalue weighted by Crippen LogP contribution is -2.02. The van der Waals surface area contributed by atoms with E-state index in [2.05, 4.69) is 4.98 Å². The first-order chi connectivity index (χ1) is 9.06. The number of pyridine rings is 1. The first-order valence-corrected chi connectivity index (χ1v) is 5.95. The van der Waals surface area contributed by atoms with Crippen molar-refractivity contribution < 1.29 is 14.6 Å². The van der Waals surface area contributed by atoms with Crippen LogP contribution in [0.1, 0.15) is 12.6 Å². The van der Waals surface area contributed by atoms with Crippen LogP contribution in [0.25, 0.3) is 10.9 Å². The van der Waals surface area contributed by atoms with E-state index in [0.717, 1.165) is 22.7 Å². The first kappa shape index (κ1) is 13.1. The number of carboxylic acid groups (broad SMARTS) is 1. The minimum Gasteiger partial charge on any atom is -0.487 e. The summed E-state index contributed by atoms with van der Waals surface area (Å²) in [4.78, 5) is 15.0. The van der Waals surface area contributed by atoms with Gasteiger partial charge in [0, 0.05) is 17.2 Å². The van der Waals surface area contributed by atoms with Crippen LogP contribution in [-0.2, 0) is 4.79 Å². The molecule has 1 aromatic carbocycles. The fraction of sp³-hybridized carbons (Fsp3) is 0.200. The Morgan fingerprint density at radius 3 is 2.89 bits per heavy atom. The van der Waals surface area contributed by atoms with Gasteiger partial charge in [-0.25, -0.2) is 9.78 Å². The second-order valence-corrected chi connectivity index (χ2v) is 4.40. The van der Waals surface area contributed by atoms with E-state index < -0.39 is 5.97 Å². The first-order valence-electron chi connectivity index (χ1n) is 5.95. The van der Waals surface area contributed by atoms with Gasteiger partial charge in [0.1, 0.15) is 17.9 Å². The summed E-state index contributed by atoms with van der Waals surface area (Å²) in [6, 6.07) is 9.63. The van der Waals surface area contributed by atoms with Gasteiger partial charge in [0.2, 0.25) is 0 Å². The van der Waals surface area contributed by atoms with E-state index in [9.17, 15) is 4.79 Å². The molecular formula is C15H15NO3. The van der Waals surface area contributed by atoms with Crippen LogP contribution in [0.4, 0.5) is 0 Å². The van der Waals surface area contributed by atoms with Crippen molar-refractivity contribution in [3.8, 4) is 5.75 Å². The molecule has 2 rings (SSSR count). The van der Waals surface area contributed by atoms with E-state index in [1.807, 2.05) is 37.3 Å². The van der Waals surface area contributed by atoms with Crippen molar-refractivity contribution in [3.63, 3.8) is 0 Å². The van der Waals surface area contributed by atoms with Gasteiger partial charge in [-0.05, 0) is 31.6 Å². The van der Waals surface area contributed by atoms with Crippen molar-refractivity contribution >= 4 is 16.9 Å². The Morgan fingerprint density at radius 2 is 2.16 bits per heavy atom. The zero-order valence-electron chi connectivity index (χ0n) is 10.9. The maximum Gasteiger partial charge on any atom is 0.328 e. The van der Waals surface area contributed by atoms with Crippen molar-refractivity contribution in [2.45, 2.75) is 13.8 Å². The van der Waals surface area contributed by atoms with Gasteiger partial charge in [-0.15, -0.1) is 0 Å². The zero-order valence-corrected chi connectivity index (χ0v) is 10.9. The summed E-state index contributed by atoms with van der Waals surface area (Å²) in [5, 5.41) is 9.65. The minimum atomic E-state index is -0.965. The van der Waals surface area contributed by atoms with Crippen LogP contribution in [0.2, 0.25) is 0 Å². The lowest BCUT2D eigenvalue weighted by molar-refractivity contribution is -0.131. The van der Waals surface area contributed by atoms with Crippen molar-refractivity contribution in [3.05, 3.63) is 47.7 Å². The van der Waals surface area contributed by atoms with E-state index >= 15 is 0 Å². The number of rotatable bonds is 4. The summed E-state index contributed by atoms with van der Waals surface area (Å²) in [5.74, 6) is -0.299. The summed E-state index contributed by atoms with van der Waals surface area (Å²) >= 11 is 0. The average Bonchev–Trinajstić information content (AvgIpc) is 2.35.